The maximum absolute atomic E-state index is 11.9. The number of nitrogens with one attached hydrogen (secondary N) is 1. The number of nitrogens with zero attached hydrogens (tertiary/aromatic N) is 3. The van der Waals surface area contributed by atoms with Gasteiger partial charge in [-0.2, -0.15) is 0 Å². The van der Waals surface area contributed by atoms with Crippen molar-refractivity contribution in [2.24, 2.45) is 0 Å². The third-order valence-electron chi connectivity index (χ3n) is 3.87. The van der Waals surface area contributed by atoms with Gasteiger partial charge in [0.1, 0.15) is 0 Å². The van der Waals surface area contributed by atoms with Crippen LogP contribution < -0.4 is 5.32 Å². The zero-order valence-corrected chi connectivity index (χ0v) is 12.9. The van der Waals surface area contributed by atoms with Gasteiger partial charge in [0.2, 0.25) is 5.91 Å². The summed E-state index contributed by atoms with van der Waals surface area (Å²) in [5.41, 5.74) is 0.915. The lowest BCUT2D eigenvalue weighted by atomic mass is 10.1. The molecule has 1 N–H and O–H groups in total. The molecular formula is C16H26N4O. The van der Waals surface area contributed by atoms with Crippen molar-refractivity contribution in [2.45, 2.75) is 51.5 Å². The molecular weight excluding hydrogens is 264 g/mol. The Morgan fingerprint density at radius 1 is 1.33 bits per heavy atom. The summed E-state index contributed by atoms with van der Waals surface area (Å²) in [6.45, 7) is 5.46. The Bertz CT molecular complexity index is 418. The van der Waals surface area contributed by atoms with E-state index in [-0.39, 0.29) is 11.9 Å². The molecule has 0 aliphatic carbocycles. The highest BCUT2D eigenvalue weighted by atomic mass is 16.1. The van der Waals surface area contributed by atoms with E-state index in [9.17, 15) is 4.79 Å². The van der Waals surface area contributed by atoms with Gasteiger partial charge < -0.3 is 10.2 Å². The summed E-state index contributed by atoms with van der Waals surface area (Å²) in [4.78, 5) is 22.7. The molecule has 116 valence electrons. The van der Waals surface area contributed by atoms with Gasteiger partial charge in [0.15, 0.2) is 0 Å². The quantitative estimate of drug-likeness (QED) is 0.832. The number of rotatable bonds is 7. The zero-order valence-electron chi connectivity index (χ0n) is 12.9. The van der Waals surface area contributed by atoms with Crippen molar-refractivity contribution >= 4 is 5.91 Å². The average Bonchev–Trinajstić information content (AvgIpc) is 2.49. The van der Waals surface area contributed by atoms with E-state index < -0.39 is 0 Å². The molecule has 2 heterocycles. The first-order chi connectivity index (χ1) is 10.2. The van der Waals surface area contributed by atoms with E-state index >= 15 is 0 Å². The van der Waals surface area contributed by atoms with Crippen molar-refractivity contribution in [3.63, 3.8) is 0 Å². The van der Waals surface area contributed by atoms with Gasteiger partial charge in [-0.15, -0.1) is 0 Å². The molecule has 1 aromatic rings. The Labute approximate surface area is 127 Å². The van der Waals surface area contributed by atoms with Gasteiger partial charge in [-0.05, 0) is 45.8 Å². The van der Waals surface area contributed by atoms with Gasteiger partial charge in [0.05, 0.1) is 5.69 Å². The first-order valence-corrected chi connectivity index (χ1v) is 8.00. The lowest BCUT2D eigenvalue weighted by molar-refractivity contribution is -0.121. The van der Waals surface area contributed by atoms with Crippen molar-refractivity contribution in [1.29, 1.82) is 0 Å². The summed E-state index contributed by atoms with van der Waals surface area (Å²) in [7, 11) is 0. The van der Waals surface area contributed by atoms with Crippen LogP contribution in [0.2, 0.25) is 0 Å². The van der Waals surface area contributed by atoms with E-state index in [2.05, 4.69) is 20.2 Å². The zero-order chi connectivity index (χ0) is 14.9. The molecule has 1 aliphatic rings. The van der Waals surface area contributed by atoms with Crippen LogP contribution in [-0.4, -0.2) is 46.5 Å². The third kappa shape index (κ3) is 6.21. The highest BCUT2D eigenvalue weighted by Gasteiger charge is 2.12. The van der Waals surface area contributed by atoms with Crippen molar-refractivity contribution in [3.05, 3.63) is 24.3 Å². The van der Waals surface area contributed by atoms with Gasteiger partial charge in [0, 0.05) is 37.5 Å². The molecule has 1 aliphatic heterocycles. The first kappa shape index (κ1) is 15.9. The molecule has 0 bridgehead atoms. The maximum Gasteiger partial charge on any atom is 0.220 e. The smallest absolute Gasteiger partial charge is 0.220 e. The fourth-order valence-electron chi connectivity index (χ4n) is 2.79. The maximum atomic E-state index is 11.9. The Morgan fingerprint density at radius 2 is 2.14 bits per heavy atom. The van der Waals surface area contributed by atoms with Crippen LogP contribution in [0.4, 0.5) is 0 Å². The molecule has 1 saturated heterocycles. The summed E-state index contributed by atoms with van der Waals surface area (Å²) >= 11 is 0. The molecule has 21 heavy (non-hydrogen) atoms. The third-order valence-corrected chi connectivity index (χ3v) is 3.87. The number of piperidine rings is 1. The second-order valence-corrected chi connectivity index (χ2v) is 5.88. The number of aromatic nitrogens is 2. The molecule has 2 rings (SSSR count). The number of amides is 1. The van der Waals surface area contributed by atoms with Crippen LogP contribution in [0, 0.1) is 0 Å². The molecule has 5 heteroatoms. The summed E-state index contributed by atoms with van der Waals surface area (Å²) in [5.74, 6) is 0.142. The summed E-state index contributed by atoms with van der Waals surface area (Å²) in [6, 6.07) is 0.101. The second kappa shape index (κ2) is 8.72. The van der Waals surface area contributed by atoms with E-state index in [0.29, 0.717) is 6.42 Å². The van der Waals surface area contributed by atoms with E-state index in [1.807, 2.05) is 6.92 Å². The predicted octanol–water partition coefficient (Wildman–Crippen LogP) is 1.79. The topological polar surface area (TPSA) is 58.1 Å². The monoisotopic (exact) mass is 290 g/mol. The molecule has 0 unspecified atom stereocenters. The van der Waals surface area contributed by atoms with Crippen LogP contribution in [-0.2, 0) is 11.2 Å². The minimum Gasteiger partial charge on any atom is -0.353 e. The number of hydrogen-bond acceptors (Lipinski definition) is 4. The Kier molecular flexibility index (Phi) is 6.60. The van der Waals surface area contributed by atoms with Gasteiger partial charge in [-0.25, -0.2) is 0 Å². The standard InChI is InChI=1S/C16H26N4O/c1-14(12-15-13-17-7-8-18-15)19-16(21)6-5-11-20-9-3-2-4-10-20/h7-8,13-14H,2-6,9-12H2,1H3,(H,19,21)/t14-/m0/s1. The van der Waals surface area contributed by atoms with Crippen LogP contribution in [0.3, 0.4) is 0 Å². The molecule has 0 saturated carbocycles. The lowest BCUT2D eigenvalue weighted by Gasteiger charge is -2.26. The predicted molar refractivity (Wildman–Crippen MR) is 82.9 cm³/mol. The van der Waals surface area contributed by atoms with Crippen molar-refractivity contribution in [2.75, 3.05) is 19.6 Å². The molecule has 1 amide bonds. The minimum absolute atomic E-state index is 0.101. The lowest BCUT2D eigenvalue weighted by Crippen LogP contribution is -2.35. The number of carbonyl (C=O) groups excluding carboxylic acids is 1. The fourth-order valence-corrected chi connectivity index (χ4v) is 2.79. The SMILES string of the molecule is C[C@@H](Cc1cnccn1)NC(=O)CCCN1CCCCC1. The van der Waals surface area contributed by atoms with E-state index in [0.717, 1.165) is 25.1 Å². The fraction of sp³-hybridized carbons (Fsp3) is 0.688. The van der Waals surface area contributed by atoms with Crippen molar-refractivity contribution in [1.82, 2.24) is 20.2 Å². The van der Waals surface area contributed by atoms with Gasteiger partial charge in [-0.1, -0.05) is 6.42 Å². The van der Waals surface area contributed by atoms with Gasteiger partial charge in [-0.3, -0.25) is 14.8 Å². The molecule has 5 nitrogen and oxygen atoms in total. The van der Waals surface area contributed by atoms with Crippen LogP contribution >= 0.6 is 0 Å². The van der Waals surface area contributed by atoms with Crippen molar-refractivity contribution < 1.29 is 4.79 Å². The summed E-state index contributed by atoms with van der Waals surface area (Å²) in [5, 5.41) is 3.04. The first-order valence-electron chi connectivity index (χ1n) is 8.00. The highest BCUT2D eigenvalue weighted by Crippen LogP contribution is 2.09. The average molecular weight is 290 g/mol. The van der Waals surface area contributed by atoms with Crippen LogP contribution in [0.1, 0.15) is 44.7 Å². The van der Waals surface area contributed by atoms with Crippen molar-refractivity contribution in [3.8, 4) is 0 Å². The van der Waals surface area contributed by atoms with E-state index in [1.165, 1.54) is 32.4 Å². The van der Waals surface area contributed by atoms with E-state index in [4.69, 9.17) is 0 Å². The largest absolute Gasteiger partial charge is 0.353 e. The van der Waals surface area contributed by atoms with Crippen LogP contribution in [0.15, 0.2) is 18.6 Å². The molecule has 0 radical (unpaired) electrons. The minimum atomic E-state index is 0.101. The second-order valence-electron chi connectivity index (χ2n) is 5.88. The highest BCUT2D eigenvalue weighted by molar-refractivity contribution is 5.76. The van der Waals surface area contributed by atoms with E-state index in [1.54, 1.807) is 18.6 Å². The molecule has 1 aromatic heterocycles. The Hall–Kier alpha value is -1.49. The Balaban J connectivity index is 1.60. The van der Waals surface area contributed by atoms with Gasteiger partial charge in [0.25, 0.3) is 0 Å². The molecule has 1 atom stereocenters. The summed E-state index contributed by atoms with van der Waals surface area (Å²) in [6.07, 6.45) is 11.4. The van der Waals surface area contributed by atoms with Crippen LogP contribution in [0.25, 0.3) is 0 Å². The molecule has 0 spiro atoms. The van der Waals surface area contributed by atoms with Gasteiger partial charge >= 0.3 is 0 Å². The number of likely N-dealkylation sites (tertiary alicyclic amines) is 1. The number of hydrogen-bond donors (Lipinski definition) is 1. The molecule has 1 fully saturated rings. The Morgan fingerprint density at radius 3 is 2.86 bits per heavy atom. The molecule has 0 aromatic carbocycles. The normalized spacial score (nSPS) is 17.4. The van der Waals surface area contributed by atoms with Crippen LogP contribution in [0.5, 0.6) is 0 Å². The number of carbonyl (C=O) groups is 1. The summed E-state index contributed by atoms with van der Waals surface area (Å²) < 4.78 is 0.